The van der Waals surface area contributed by atoms with Crippen LogP contribution >= 0.6 is 23.5 Å². The van der Waals surface area contributed by atoms with E-state index < -0.39 is 11.6 Å². The van der Waals surface area contributed by atoms with Crippen molar-refractivity contribution in [3.05, 3.63) is 71.6 Å². The molecule has 5 rings (SSSR count). The Hall–Kier alpha value is -3.01. The van der Waals surface area contributed by atoms with Crippen molar-refractivity contribution in [1.29, 1.82) is 0 Å². The van der Waals surface area contributed by atoms with Crippen molar-refractivity contribution in [2.75, 3.05) is 24.1 Å². The Morgan fingerprint density at radius 1 is 1.00 bits per heavy atom. The fourth-order valence-electron chi connectivity index (χ4n) is 4.64. The Morgan fingerprint density at radius 3 is 2.57 bits per heavy atom. The molecule has 0 bridgehead atoms. The number of anilines is 2. The van der Waals surface area contributed by atoms with E-state index in [1.54, 1.807) is 36.7 Å². The molecule has 2 N–H and O–H groups in total. The molecule has 2 aromatic carbocycles. The highest BCUT2D eigenvalue weighted by molar-refractivity contribution is 8.00. The van der Waals surface area contributed by atoms with Gasteiger partial charge in [0.15, 0.2) is 5.82 Å². The Morgan fingerprint density at radius 2 is 1.81 bits per heavy atom. The third-order valence-electron chi connectivity index (χ3n) is 6.68. The molecule has 1 aliphatic rings. The van der Waals surface area contributed by atoms with Crippen molar-refractivity contribution in [3.63, 3.8) is 0 Å². The molecule has 37 heavy (non-hydrogen) atoms. The smallest absolute Gasteiger partial charge is 0.223 e. The van der Waals surface area contributed by atoms with E-state index >= 15 is 4.39 Å². The molecule has 1 saturated carbocycles. The second kappa shape index (κ2) is 11.2. The maximum atomic E-state index is 15.4. The standard InChI is InChI=1S/C27H27ClF2N6S/c1-36(2)20-6-4-19(5-7-20)33-27-32-13-17-11-16(3-9-23(17)34-27)25-22(29)8-10-24(26(25)30)35-37-21-12-18(28)14-31-15-21/h3,8-15,19-20,35H,4-7H2,1-2H3,(H,32,33,34). The molecule has 0 radical (unpaired) electrons. The van der Waals surface area contributed by atoms with E-state index in [2.05, 4.69) is 44.0 Å². The van der Waals surface area contributed by atoms with Gasteiger partial charge in [-0.3, -0.25) is 4.98 Å². The number of aromatic nitrogens is 3. The molecule has 1 fully saturated rings. The number of hydrogen-bond donors (Lipinski definition) is 2. The van der Waals surface area contributed by atoms with Crippen molar-refractivity contribution >= 4 is 46.1 Å². The van der Waals surface area contributed by atoms with Crippen LogP contribution in [0.2, 0.25) is 5.02 Å². The van der Waals surface area contributed by atoms with Crippen LogP contribution in [0.4, 0.5) is 20.4 Å². The van der Waals surface area contributed by atoms with E-state index in [9.17, 15) is 4.39 Å². The summed E-state index contributed by atoms with van der Waals surface area (Å²) in [6, 6.07) is 10.4. The average Bonchev–Trinajstić information content (AvgIpc) is 2.89. The van der Waals surface area contributed by atoms with E-state index in [1.807, 2.05) is 0 Å². The molecule has 2 aromatic heterocycles. The zero-order chi connectivity index (χ0) is 25.9. The maximum absolute atomic E-state index is 15.4. The van der Waals surface area contributed by atoms with Crippen LogP contribution in [0.25, 0.3) is 22.0 Å². The van der Waals surface area contributed by atoms with Gasteiger partial charge in [0.1, 0.15) is 5.82 Å². The third kappa shape index (κ3) is 5.95. The van der Waals surface area contributed by atoms with E-state index in [4.69, 9.17) is 11.6 Å². The van der Waals surface area contributed by atoms with E-state index in [-0.39, 0.29) is 11.3 Å². The van der Waals surface area contributed by atoms with Gasteiger partial charge in [0.05, 0.1) is 21.8 Å². The lowest BCUT2D eigenvalue weighted by Gasteiger charge is -2.32. The number of pyridine rings is 1. The summed E-state index contributed by atoms with van der Waals surface area (Å²) in [5, 5.41) is 4.63. The molecular weight excluding hydrogens is 514 g/mol. The van der Waals surface area contributed by atoms with Gasteiger partial charge < -0.3 is 14.9 Å². The Balaban J connectivity index is 1.33. The number of benzene rings is 2. The van der Waals surface area contributed by atoms with Crippen LogP contribution in [0.15, 0.2) is 59.9 Å². The highest BCUT2D eigenvalue weighted by atomic mass is 35.5. The van der Waals surface area contributed by atoms with Gasteiger partial charge in [-0.15, -0.1) is 0 Å². The Bertz CT molecular complexity index is 1410. The first-order chi connectivity index (χ1) is 17.9. The second-order valence-corrected chi connectivity index (χ2v) is 10.7. The molecule has 0 spiro atoms. The van der Waals surface area contributed by atoms with Crippen molar-refractivity contribution in [1.82, 2.24) is 19.9 Å². The minimum Gasteiger partial charge on any atom is -0.351 e. The van der Waals surface area contributed by atoms with Crippen molar-refractivity contribution < 1.29 is 8.78 Å². The van der Waals surface area contributed by atoms with Gasteiger partial charge in [-0.2, -0.15) is 0 Å². The summed E-state index contributed by atoms with van der Waals surface area (Å²) in [5.74, 6) is -0.761. The lowest BCUT2D eigenvalue weighted by Crippen LogP contribution is -2.36. The van der Waals surface area contributed by atoms with Crippen LogP contribution < -0.4 is 10.0 Å². The number of hydrogen-bond acceptors (Lipinski definition) is 7. The molecule has 6 nitrogen and oxygen atoms in total. The van der Waals surface area contributed by atoms with E-state index in [0.29, 0.717) is 44.4 Å². The molecule has 0 saturated heterocycles. The number of nitrogens with one attached hydrogen (secondary N) is 2. The predicted molar refractivity (Wildman–Crippen MR) is 147 cm³/mol. The van der Waals surface area contributed by atoms with Gasteiger partial charge in [-0.1, -0.05) is 17.7 Å². The fraction of sp³-hybridized carbons (Fsp3) is 0.296. The summed E-state index contributed by atoms with van der Waals surface area (Å²) in [6.07, 6.45) is 9.23. The normalized spacial score (nSPS) is 17.8. The quantitative estimate of drug-likeness (QED) is 0.244. The van der Waals surface area contributed by atoms with Crippen LogP contribution in [0.1, 0.15) is 25.7 Å². The largest absolute Gasteiger partial charge is 0.351 e. The van der Waals surface area contributed by atoms with E-state index in [0.717, 1.165) is 37.6 Å². The summed E-state index contributed by atoms with van der Waals surface area (Å²) in [4.78, 5) is 16.1. The maximum Gasteiger partial charge on any atom is 0.223 e. The predicted octanol–water partition coefficient (Wildman–Crippen LogP) is 7.03. The molecule has 0 amide bonds. The molecule has 2 heterocycles. The van der Waals surface area contributed by atoms with Crippen LogP contribution in [0.5, 0.6) is 0 Å². The van der Waals surface area contributed by atoms with Gasteiger partial charge in [-0.05, 0) is 87.6 Å². The molecule has 10 heteroatoms. The molecule has 1 aliphatic carbocycles. The van der Waals surface area contributed by atoms with Gasteiger partial charge in [0.25, 0.3) is 0 Å². The van der Waals surface area contributed by atoms with Gasteiger partial charge in [-0.25, -0.2) is 18.7 Å². The van der Waals surface area contributed by atoms with Crippen LogP contribution in [-0.2, 0) is 0 Å². The van der Waals surface area contributed by atoms with Crippen molar-refractivity contribution in [2.24, 2.45) is 0 Å². The average molecular weight is 541 g/mol. The zero-order valence-electron chi connectivity index (χ0n) is 20.5. The molecule has 0 unspecified atom stereocenters. The first kappa shape index (κ1) is 25.6. The fourth-order valence-corrected chi connectivity index (χ4v) is 5.56. The van der Waals surface area contributed by atoms with Gasteiger partial charge in [0.2, 0.25) is 5.95 Å². The summed E-state index contributed by atoms with van der Waals surface area (Å²) >= 11 is 7.11. The zero-order valence-corrected chi connectivity index (χ0v) is 22.1. The monoisotopic (exact) mass is 540 g/mol. The Labute approximate surface area is 224 Å². The number of halogens is 3. The third-order valence-corrected chi connectivity index (χ3v) is 7.67. The molecule has 4 aromatic rings. The topological polar surface area (TPSA) is 66.0 Å². The summed E-state index contributed by atoms with van der Waals surface area (Å²) in [7, 11) is 4.25. The lowest BCUT2D eigenvalue weighted by molar-refractivity contribution is 0.221. The van der Waals surface area contributed by atoms with Crippen molar-refractivity contribution in [3.8, 4) is 11.1 Å². The summed E-state index contributed by atoms with van der Waals surface area (Å²) in [6.45, 7) is 0. The second-order valence-electron chi connectivity index (χ2n) is 9.41. The highest BCUT2D eigenvalue weighted by Crippen LogP contribution is 2.34. The first-order valence-corrected chi connectivity index (χ1v) is 13.3. The summed E-state index contributed by atoms with van der Waals surface area (Å²) in [5.41, 5.74) is 1.16. The van der Waals surface area contributed by atoms with E-state index in [1.165, 1.54) is 18.3 Å². The molecule has 192 valence electrons. The SMILES string of the molecule is CN(C)C1CCC(Nc2ncc3cc(-c4c(F)ccc(NSc5cncc(Cl)c5)c4F)ccc3n2)CC1. The van der Waals surface area contributed by atoms with Crippen LogP contribution in [0.3, 0.4) is 0 Å². The minimum atomic E-state index is -0.686. The minimum absolute atomic E-state index is 0.114. The van der Waals surface area contributed by atoms with Crippen LogP contribution in [0, 0.1) is 11.6 Å². The molecule has 0 atom stereocenters. The number of fused-ring (bicyclic) bond motifs is 1. The number of nitrogens with zero attached hydrogens (tertiary/aromatic N) is 4. The number of rotatable bonds is 7. The van der Waals surface area contributed by atoms with Crippen LogP contribution in [-0.4, -0.2) is 46.0 Å². The lowest BCUT2D eigenvalue weighted by atomic mass is 9.91. The van der Waals surface area contributed by atoms with Gasteiger partial charge >= 0.3 is 0 Å². The highest BCUT2D eigenvalue weighted by Gasteiger charge is 2.23. The Kier molecular flexibility index (Phi) is 7.73. The molecule has 0 aliphatic heterocycles. The van der Waals surface area contributed by atoms with Gasteiger partial charge in [0, 0.05) is 41.0 Å². The summed E-state index contributed by atoms with van der Waals surface area (Å²) < 4.78 is 33.1. The first-order valence-electron chi connectivity index (χ1n) is 12.1. The molecular formula is C27H27ClF2N6S. The van der Waals surface area contributed by atoms with Crippen molar-refractivity contribution in [2.45, 2.75) is 42.7 Å².